The van der Waals surface area contributed by atoms with Gasteiger partial charge in [-0.15, -0.1) is 0 Å². The van der Waals surface area contributed by atoms with Gasteiger partial charge in [-0.25, -0.2) is 0 Å². The molecule has 1 saturated heterocycles. The predicted octanol–water partition coefficient (Wildman–Crippen LogP) is 3.14. The molecule has 5 rings (SSSR count). The molecule has 0 unspecified atom stereocenters. The number of nitrogen functional groups attached to an aromatic ring is 1. The number of fused-ring (bicyclic) bond motifs is 2. The molecule has 0 spiro atoms. The Morgan fingerprint density at radius 3 is 2.90 bits per heavy atom. The van der Waals surface area contributed by atoms with E-state index in [0.29, 0.717) is 11.7 Å². The summed E-state index contributed by atoms with van der Waals surface area (Å²) in [6, 6.07) is 17.0. The van der Waals surface area contributed by atoms with Gasteiger partial charge < -0.3 is 15.8 Å². The van der Waals surface area contributed by atoms with Gasteiger partial charge in [0.25, 0.3) is 0 Å². The highest BCUT2D eigenvalue weighted by Crippen LogP contribution is 2.30. The Labute approximate surface area is 168 Å². The largest absolute Gasteiger partial charge is 0.459 e. The van der Waals surface area contributed by atoms with E-state index in [-0.39, 0.29) is 18.0 Å². The summed E-state index contributed by atoms with van der Waals surface area (Å²) in [5.41, 5.74) is 8.94. The maximum absolute atomic E-state index is 6.16. The predicted molar refractivity (Wildman–Crippen MR) is 113 cm³/mol. The van der Waals surface area contributed by atoms with E-state index >= 15 is 0 Å². The molecule has 2 aromatic heterocycles. The van der Waals surface area contributed by atoms with Gasteiger partial charge in [0.2, 0.25) is 5.95 Å². The molecular weight excluding hydrogens is 364 g/mol. The van der Waals surface area contributed by atoms with E-state index in [1.807, 2.05) is 6.07 Å². The topological polar surface area (TPSA) is 90.4 Å². The molecule has 0 aliphatic carbocycles. The molecule has 0 radical (unpaired) electrons. The lowest BCUT2D eigenvalue weighted by Gasteiger charge is -2.22. The smallest absolute Gasteiger partial charge is 0.322 e. The summed E-state index contributed by atoms with van der Waals surface area (Å²) in [5, 5.41) is 10.5. The van der Waals surface area contributed by atoms with E-state index in [1.165, 1.54) is 16.3 Å². The number of nitrogens with zero attached hydrogens (tertiary/aromatic N) is 4. The van der Waals surface area contributed by atoms with Crippen molar-refractivity contribution in [1.82, 2.24) is 24.9 Å². The average molecular weight is 388 g/mol. The molecule has 0 saturated carbocycles. The van der Waals surface area contributed by atoms with Crippen molar-refractivity contribution >= 4 is 22.4 Å². The molecule has 29 heavy (non-hydrogen) atoms. The van der Waals surface area contributed by atoms with Crippen molar-refractivity contribution in [2.75, 3.05) is 18.8 Å². The summed E-state index contributed by atoms with van der Waals surface area (Å²) in [6.07, 6.45) is 2.15. The maximum atomic E-state index is 6.16. The highest BCUT2D eigenvalue weighted by molar-refractivity contribution is 5.86. The molecule has 3 heterocycles. The van der Waals surface area contributed by atoms with Crippen LogP contribution in [0.4, 0.5) is 5.95 Å². The number of aromatic nitrogens is 4. The van der Waals surface area contributed by atoms with E-state index in [4.69, 9.17) is 10.5 Å². The van der Waals surface area contributed by atoms with Crippen LogP contribution >= 0.6 is 0 Å². The zero-order valence-electron chi connectivity index (χ0n) is 16.4. The number of benzene rings is 2. The Balaban J connectivity index is 1.49. The van der Waals surface area contributed by atoms with Gasteiger partial charge in [0.05, 0.1) is 5.69 Å². The molecule has 7 heteroatoms. The van der Waals surface area contributed by atoms with Crippen LogP contribution in [0.1, 0.15) is 36.9 Å². The van der Waals surface area contributed by atoms with E-state index in [2.05, 4.69) is 69.8 Å². The minimum Gasteiger partial charge on any atom is -0.459 e. The van der Waals surface area contributed by atoms with E-state index in [0.717, 1.165) is 31.6 Å². The van der Waals surface area contributed by atoms with Gasteiger partial charge in [-0.1, -0.05) is 49.4 Å². The number of ether oxygens (including phenoxy) is 1. The molecule has 4 aromatic rings. The van der Waals surface area contributed by atoms with Gasteiger partial charge >= 0.3 is 6.01 Å². The quantitative estimate of drug-likeness (QED) is 0.558. The second-order valence-corrected chi connectivity index (χ2v) is 7.58. The monoisotopic (exact) mass is 388 g/mol. The normalized spacial score (nSPS) is 18.2. The van der Waals surface area contributed by atoms with Crippen molar-refractivity contribution in [2.24, 2.45) is 0 Å². The number of nitrogens with one attached hydrogen (secondary N) is 1. The summed E-state index contributed by atoms with van der Waals surface area (Å²) in [4.78, 5) is 8.86. The molecule has 2 aromatic carbocycles. The van der Waals surface area contributed by atoms with E-state index in [9.17, 15) is 0 Å². The Kier molecular flexibility index (Phi) is 4.52. The minimum atomic E-state index is 0.0719. The second kappa shape index (κ2) is 7.33. The van der Waals surface area contributed by atoms with Gasteiger partial charge in [-0.05, 0) is 35.7 Å². The van der Waals surface area contributed by atoms with Gasteiger partial charge in [-0.3, -0.25) is 0 Å². The van der Waals surface area contributed by atoms with Crippen molar-refractivity contribution in [2.45, 2.75) is 31.8 Å². The van der Waals surface area contributed by atoms with Gasteiger partial charge in [0, 0.05) is 18.5 Å². The summed E-state index contributed by atoms with van der Waals surface area (Å²) in [5.74, 6) is 0.374. The molecular formula is C22H24N6O. The first kappa shape index (κ1) is 17.9. The fourth-order valence-electron chi connectivity index (χ4n) is 4.03. The summed E-state index contributed by atoms with van der Waals surface area (Å²) in [7, 11) is 0. The van der Waals surface area contributed by atoms with Crippen LogP contribution in [-0.4, -0.2) is 38.8 Å². The molecule has 2 atom stereocenters. The Morgan fingerprint density at radius 1 is 1.17 bits per heavy atom. The van der Waals surface area contributed by atoms with Crippen LogP contribution in [0, 0.1) is 0 Å². The van der Waals surface area contributed by atoms with E-state index in [1.54, 1.807) is 4.52 Å². The van der Waals surface area contributed by atoms with Crippen LogP contribution < -0.4 is 15.8 Å². The lowest BCUT2D eigenvalue weighted by Crippen LogP contribution is -2.37. The van der Waals surface area contributed by atoms with Crippen molar-refractivity contribution in [3.63, 3.8) is 0 Å². The fraction of sp³-hybridized carbons (Fsp3) is 0.318. The standard InChI is InChI=1S/C22H24N6O/c1-14(17-10-4-7-15-6-2-3-9-18(15)17)19-12-20-25-22(26-21(23)28(20)27-19)29-16-8-5-11-24-13-16/h2-4,6-7,9-10,12,14,16,24H,5,8,11,13H2,1H3,(H2,23,25,26)/t14-,16+/m0/s1. The number of anilines is 1. The first-order valence-corrected chi connectivity index (χ1v) is 10.1. The lowest BCUT2D eigenvalue weighted by molar-refractivity contribution is 0.153. The van der Waals surface area contributed by atoms with Crippen LogP contribution in [0.2, 0.25) is 0 Å². The number of hydrogen-bond donors (Lipinski definition) is 2. The van der Waals surface area contributed by atoms with Crippen molar-refractivity contribution in [1.29, 1.82) is 0 Å². The summed E-state index contributed by atoms with van der Waals surface area (Å²) >= 11 is 0. The van der Waals surface area contributed by atoms with Crippen LogP contribution in [0.3, 0.4) is 0 Å². The molecule has 148 valence electrons. The Hall–Kier alpha value is -3.19. The van der Waals surface area contributed by atoms with Crippen molar-refractivity contribution in [3.05, 3.63) is 59.8 Å². The highest BCUT2D eigenvalue weighted by atomic mass is 16.5. The van der Waals surface area contributed by atoms with Crippen LogP contribution in [0.5, 0.6) is 6.01 Å². The molecule has 0 amide bonds. The average Bonchev–Trinajstić information content (AvgIpc) is 3.18. The van der Waals surface area contributed by atoms with Gasteiger partial charge in [0.1, 0.15) is 6.10 Å². The van der Waals surface area contributed by atoms with Gasteiger partial charge in [0.15, 0.2) is 5.65 Å². The molecule has 0 bridgehead atoms. The lowest BCUT2D eigenvalue weighted by atomic mass is 9.92. The second-order valence-electron chi connectivity index (χ2n) is 7.58. The number of nitrogens with two attached hydrogens (primary N) is 1. The Morgan fingerprint density at radius 2 is 2.03 bits per heavy atom. The van der Waals surface area contributed by atoms with Gasteiger partial charge in [-0.2, -0.15) is 19.6 Å². The van der Waals surface area contributed by atoms with E-state index < -0.39 is 0 Å². The SMILES string of the molecule is C[C@H](c1cc2nc(O[C@@H]3CCCNC3)nc(N)n2n1)c1cccc2ccccc12. The van der Waals surface area contributed by atoms with Crippen molar-refractivity contribution < 1.29 is 4.74 Å². The fourth-order valence-corrected chi connectivity index (χ4v) is 4.03. The third kappa shape index (κ3) is 3.38. The first-order chi connectivity index (χ1) is 14.2. The highest BCUT2D eigenvalue weighted by Gasteiger charge is 2.20. The van der Waals surface area contributed by atoms with Crippen LogP contribution in [-0.2, 0) is 0 Å². The van der Waals surface area contributed by atoms with Crippen LogP contribution in [0.25, 0.3) is 16.4 Å². The summed E-state index contributed by atoms with van der Waals surface area (Å²) < 4.78 is 7.54. The first-order valence-electron chi connectivity index (χ1n) is 10.1. The molecule has 1 aliphatic rings. The zero-order chi connectivity index (χ0) is 19.8. The Bertz CT molecular complexity index is 1160. The molecule has 1 aliphatic heterocycles. The maximum Gasteiger partial charge on any atom is 0.322 e. The molecule has 7 nitrogen and oxygen atoms in total. The number of hydrogen-bond acceptors (Lipinski definition) is 6. The minimum absolute atomic E-state index is 0.0719. The van der Waals surface area contributed by atoms with Crippen LogP contribution in [0.15, 0.2) is 48.5 Å². The van der Waals surface area contributed by atoms with Crippen molar-refractivity contribution in [3.8, 4) is 6.01 Å². The molecule has 1 fully saturated rings. The third-order valence-electron chi connectivity index (χ3n) is 5.60. The number of rotatable bonds is 4. The molecule has 3 N–H and O–H groups in total. The third-order valence-corrected chi connectivity index (χ3v) is 5.60. The number of piperidine rings is 1. The summed E-state index contributed by atoms with van der Waals surface area (Å²) in [6.45, 7) is 3.98. The zero-order valence-corrected chi connectivity index (χ0v) is 16.4.